The fourth-order valence-corrected chi connectivity index (χ4v) is 2.11. The molecule has 0 bridgehead atoms. The van der Waals surface area contributed by atoms with Gasteiger partial charge in [-0.05, 0) is 0 Å². The van der Waals surface area contributed by atoms with Gasteiger partial charge in [-0.2, -0.15) is 0 Å². The Balaban J connectivity index is 2.51. The van der Waals surface area contributed by atoms with Crippen LogP contribution in [0, 0.1) is 0 Å². The van der Waals surface area contributed by atoms with Crippen molar-refractivity contribution in [1.29, 1.82) is 0 Å². The van der Waals surface area contributed by atoms with Gasteiger partial charge >= 0.3 is 12.0 Å². The first-order chi connectivity index (χ1) is 7.49. The average Bonchev–Trinajstić information content (AvgIpc) is 2.62. The molecule has 0 radical (unpaired) electrons. The van der Waals surface area contributed by atoms with Crippen LogP contribution in [0.3, 0.4) is 0 Å². The van der Waals surface area contributed by atoms with Crippen molar-refractivity contribution in [2.24, 2.45) is 0 Å². The number of carboxylic acids is 1. The smallest absolute Gasteiger partial charge is 0.323 e. The Morgan fingerprint density at radius 2 is 2.19 bits per heavy atom. The molecule has 1 heterocycles. The summed E-state index contributed by atoms with van der Waals surface area (Å²) in [5, 5.41) is 18.8. The Morgan fingerprint density at radius 3 is 2.75 bits per heavy atom. The number of hydrogen-bond acceptors (Lipinski definition) is 6. The van der Waals surface area contributed by atoms with E-state index in [4.69, 9.17) is 5.11 Å². The molecule has 0 aromatic carbocycles. The van der Waals surface area contributed by atoms with E-state index in [0.717, 1.165) is 23.1 Å². The second kappa shape index (κ2) is 5.66. The lowest BCUT2D eigenvalue weighted by Gasteiger charge is -2.08. The normalized spacial score (nSPS) is 9.88. The van der Waals surface area contributed by atoms with Crippen LogP contribution in [0.5, 0.6) is 0 Å². The summed E-state index contributed by atoms with van der Waals surface area (Å²) in [5.74, 6) is -0.991. The minimum Gasteiger partial charge on any atom is -0.481 e. The highest BCUT2D eigenvalue weighted by atomic mass is 32.2. The third-order valence-corrected chi connectivity index (χ3v) is 3.30. The molecule has 2 N–H and O–H groups in total. The molecule has 0 saturated heterocycles. The number of rotatable bonds is 4. The summed E-state index contributed by atoms with van der Waals surface area (Å²) >= 11 is 2.20. The van der Waals surface area contributed by atoms with Crippen LogP contribution < -0.4 is 5.32 Å². The summed E-state index contributed by atoms with van der Waals surface area (Å²) in [5.41, 5.74) is 0. The molecule has 1 aromatic rings. The summed E-state index contributed by atoms with van der Waals surface area (Å²) in [7, 11) is 3.22. The highest BCUT2D eigenvalue weighted by molar-refractivity contribution is 8.01. The number of thioether (sulfide) groups is 1. The molecule has 88 valence electrons. The van der Waals surface area contributed by atoms with Crippen molar-refractivity contribution in [2.75, 3.05) is 25.2 Å². The maximum atomic E-state index is 11.2. The molecule has 7 nitrogen and oxygen atoms in total. The third-order valence-electron chi connectivity index (χ3n) is 1.35. The van der Waals surface area contributed by atoms with Gasteiger partial charge in [0.25, 0.3) is 0 Å². The van der Waals surface area contributed by atoms with E-state index in [0.29, 0.717) is 9.47 Å². The molecule has 0 saturated carbocycles. The number of hydrogen-bond donors (Lipinski definition) is 2. The topological polar surface area (TPSA) is 95.4 Å². The van der Waals surface area contributed by atoms with E-state index < -0.39 is 5.97 Å². The summed E-state index contributed by atoms with van der Waals surface area (Å²) in [6, 6.07) is -0.300. The highest BCUT2D eigenvalue weighted by Gasteiger charge is 2.10. The number of carbonyl (C=O) groups is 2. The van der Waals surface area contributed by atoms with E-state index in [2.05, 4.69) is 15.5 Å². The first-order valence-corrected chi connectivity index (χ1v) is 5.95. The van der Waals surface area contributed by atoms with Crippen molar-refractivity contribution in [3.8, 4) is 0 Å². The van der Waals surface area contributed by atoms with Gasteiger partial charge in [0.1, 0.15) is 0 Å². The first-order valence-electron chi connectivity index (χ1n) is 4.15. The molecule has 0 fully saturated rings. The van der Waals surface area contributed by atoms with E-state index in [1.54, 1.807) is 14.1 Å². The Morgan fingerprint density at radius 1 is 1.50 bits per heavy atom. The largest absolute Gasteiger partial charge is 0.481 e. The molecule has 0 unspecified atom stereocenters. The van der Waals surface area contributed by atoms with Gasteiger partial charge in [-0.25, -0.2) is 4.79 Å². The van der Waals surface area contributed by atoms with Crippen molar-refractivity contribution in [3.05, 3.63) is 0 Å². The minimum absolute atomic E-state index is 0.0732. The molecule has 1 rings (SSSR count). The van der Waals surface area contributed by atoms with Gasteiger partial charge in [-0.1, -0.05) is 23.1 Å². The number of nitrogens with zero attached hydrogens (tertiary/aromatic N) is 3. The third kappa shape index (κ3) is 4.03. The van der Waals surface area contributed by atoms with Gasteiger partial charge in [0.2, 0.25) is 5.13 Å². The van der Waals surface area contributed by atoms with Crippen molar-refractivity contribution in [3.63, 3.8) is 0 Å². The van der Waals surface area contributed by atoms with Crippen LogP contribution in [-0.4, -0.2) is 52.1 Å². The number of carboxylic acid groups (broad SMARTS) is 1. The molecular formula is C7H10N4O3S2. The number of aromatic nitrogens is 2. The summed E-state index contributed by atoms with van der Waals surface area (Å²) < 4.78 is 0.511. The maximum absolute atomic E-state index is 11.2. The number of carbonyl (C=O) groups excluding carboxylic acids is 1. The van der Waals surface area contributed by atoms with Crippen LogP contribution in [0.15, 0.2) is 4.34 Å². The van der Waals surface area contributed by atoms with Crippen LogP contribution in [0.2, 0.25) is 0 Å². The summed E-state index contributed by atoms with van der Waals surface area (Å²) in [6.45, 7) is 0. The van der Waals surface area contributed by atoms with Crippen LogP contribution >= 0.6 is 23.1 Å². The van der Waals surface area contributed by atoms with Crippen LogP contribution in [0.4, 0.5) is 9.93 Å². The van der Waals surface area contributed by atoms with Crippen LogP contribution in [0.25, 0.3) is 0 Å². The number of nitrogens with one attached hydrogen (secondary N) is 1. The van der Waals surface area contributed by atoms with Crippen LogP contribution in [-0.2, 0) is 4.79 Å². The minimum atomic E-state index is -0.918. The summed E-state index contributed by atoms with van der Waals surface area (Å²) in [4.78, 5) is 22.9. The van der Waals surface area contributed by atoms with E-state index in [-0.39, 0.29) is 11.8 Å². The second-order valence-corrected chi connectivity index (χ2v) is 5.08. The number of anilines is 1. The maximum Gasteiger partial charge on any atom is 0.323 e. The Labute approximate surface area is 99.9 Å². The second-order valence-electron chi connectivity index (χ2n) is 2.88. The van der Waals surface area contributed by atoms with Gasteiger partial charge in [0.05, 0.1) is 5.75 Å². The zero-order valence-corrected chi connectivity index (χ0v) is 10.3. The van der Waals surface area contributed by atoms with Crippen molar-refractivity contribution in [1.82, 2.24) is 15.1 Å². The lowest BCUT2D eigenvalue weighted by Crippen LogP contribution is -2.27. The lowest BCUT2D eigenvalue weighted by molar-refractivity contribution is -0.133. The molecule has 1 aromatic heterocycles. The van der Waals surface area contributed by atoms with E-state index >= 15 is 0 Å². The standard InChI is InChI=1S/C7H10N4O3S2/c1-11(2)6(14)8-5-9-10-7(16-5)15-3-4(12)13/h3H2,1-2H3,(H,12,13)(H,8,9,14). The molecule has 2 amide bonds. The van der Waals surface area contributed by atoms with E-state index in [1.807, 2.05) is 0 Å². The van der Waals surface area contributed by atoms with Gasteiger partial charge < -0.3 is 10.0 Å². The predicted octanol–water partition coefficient (Wildman–Crippen LogP) is 0.808. The SMILES string of the molecule is CN(C)C(=O)Nc1nnc(SCC(=O)O)s1. The summed E-state index contributed by atoms with van der Waals surface area (Å²) in [6.07, 6.45) is 0. The number of aliphatic carboxylic acids is 1. The van der Waals surface area contributed by atoms with Crippen molar-refractivity contribution >= 4 is 40.2 Å². The zero-order chi connectivity index (χ0) is 12.1. The molecule has 0 atom stereocenters. The number of urea groups is 1. The molecule has 0 spiro atoms. The Kier molecular flexibility index (Phi) is 4.50. The van der Waals surface area contributed by atoms with Gasteiger partial charge in [0, 0.05) is 14.1 Å². The van der Waals surface area contributed by atoms with Crippen molar-refractivity contribution in [2.45, 2.75) is 4.34 Å². The fraction of sp³-hybridized carbons (Fsp3) is 0.429. The molecule has 16 heavy (non-hydrogen) atoms. The molecular weight excluding hydrogens is 252 g/mol. The number of amides is 2. The molecule has 0 aliphatic rings. The van der Waals surface area contributed by atoms with Gasteiger partial charge in [0.15, 0.2) is 4.34 Å². The monoisotopic (exact) mass is 262 g/mol. The highest BCUT2D eigenvalue weighted by Crippen LogP contribution is 2.25. The van der Waals surface area contributed by atoms with Gasteiger partial charge in [-0.15, -0.1) is 10.2 Å². The van der Waals surface area contributed by atoms with Gasteiger partial charge in [-0.3, -0.25) is 10.1 Å². The predicted molar refractivity (Wildman–Crippen MR) is 61.0 cm³/mol. The lowest BCUT2D eigenvalue weighted by atomic mass is 10.8. The van der Waals surface area contributed by atoms with Crippen molar-refractivity contribution < 1.29 is 14.7 Å². The first kappa shape index (κ1) is 12.7. The molecule has 9 heteroatoms. The average molecular weight is 262 g/mol. The zero-order valence-electron chi connectivity index (χ0n) is 8.63. The van der Waals surface area contributed by atoms with E-state index in [9.17, 15) is 9.59 Å². The quantitative estimate of drug-likeness (QED) is 0.616. The molecule has 0 aliphatic heterocycles. The Hall–Kier alpha value is -1.35. The molecule has 0 aliphatic carbocycles. The Bertz CT molecular complexity index is 393. The fourth-order valence-electron chi connectivity index (χ4n) is 0.645. The van der Waals surface area contributed by atoms with Crippen LogP contribution in [0.1, 0.15) is 0 Å². The van der Waals surface area contributed by atoms with E-state index in [1.165, 1.54) is 4.90 Å².